The van der Waals surface area contributed by atoms with Gasteiger partial charge in [-0.3, -0.25) is 9.98 Å². The van der Waals surface area contributed by atoms with Crippen LogP contribution in [0.4, 0.5) is 30.4 Å². The lowest BCUT2D eigenvalue weighted by atomic mass is 10.1. The number of anilines is 3. The van der Waals surface area contributed by atoms with Crippen molar-refractivity contribution >= 4 is 91.0 Å². The second-order valence-corrected chi connectivity index (χ2v) is 11.5. The van der Waals surface area contributed by atoms with E-state index in [0.717, 1.165) is 11.6 Å². The number of fused-ring (bicyclic) bond motifs is 1. The van der Waals surface area contributed by atoms with E-state index < -0.39 is 38.8 Å². The molecule has 4 aromatic rings. The molecule has 0 fully saturated rings. The highest BCUT2D eigenvalue weighted by atomic mass is 35.5. The van der Waals surface area contributed by atoms with Crippen LogP contribution in [0.5, 0.6) is 5.75 Å². The molecule has 0 bridgehead atoms. The van der Waals surface area contributed by atoms with Gasteiger partial charge in [-0.05, 0) is 47.9 Å². The van der Waals surface area contributed by atoms with Gasteiger partial charge in [0, 0.05) is 23.0 Å². The Bertz CT molecular complexity index is 2000. The monoisotopic (exact) mass is 751 g/mol. The summed E-state index contributed by atoms with van der Waals surface area (Å²) in [6.07, 6.45) is -3.17. The maximum Gasteiger partial charge on any atom is 0.417 e. The Morgan fingerprint density at radius 3 is 2.23 bits per heavy atom. The number of aliphatic carboxylic acids is 1. The number of nitrogens with zero attached hydrogens (tertiary/aromatic N) is 2. The molecule has 8 N–H and O–H groups in total. The van der Waals surface area contributed by atoms with E-state index in [-0.39, 0.29) is 32.0 Å². The Morgan fingerprint density at radius 1 is 1.02 bits per heavy atom. The van der Waals surface area contributed by atoms with Gasteiger partial charge in [-0.1, -0.05) is 53.0 Å². The van der Waals surface area contributed by atoms with Crippen molar-refractivity contribution in [2.75, 3.05) is 24.0 Å². The van der Waals surface area contributed by atoms with Gasteiger partial charge in [0.25, 0.3) is 10.1 Å². The predicted molar refractivity (Wildman–Crippen MR) is 175 cm³/mol. The number of nitrogen functional groups attached to an aromatic ring is 2. The number of rotatable bonds is 7. The van der Waals surface area contributed by atoms with Gasteiger partial charge in [0.15, 0.2) is 5.82 Å². The number of methoxy groups -OCH3 is 1. The number of carbonyl (C=O) groups is 2. The normalized spacial score (nSPS) is 11.8. The van der Waals surface area contributed by atoms with Crippen LogP contribution >= 0.6 is 34.8 Å². The standard InChI is InChI=1S/C10H5Cl3F3N3O2.C10H9NO3S.C8H9NO3/c11-5-1-4(10(14,15)16)2-17-8(5)19-18-3-6(12)7(13)9(20)21;11-10-3-1-2-7-4-5-8(6-9(7)10)15(12,13)14;1-12-5-2-3-7(9)6(4-5)8(10)11/h1-3H,(H,17,19)(H,20,21);1-6H,11H2,(H,12,13,14);2-4H,9H2,1H3,(H,10,11). The summed E-state index contributed by atoms with van der Waals surface area (Å²) in [6.45, 7) is 0. The van der Waals surface area contributed by atoms with Gasteiger partial charge in [0.2, 0.25) is 0 Å². The van der Waals surface area contributed by atoms with Gasteiger partial charge in [-0.15, -0.1) is 0 Å². The fourth-order valence-electron chi connectivity index (χ4n) is 3.27. The van der Waals surface area contributed by atoms with Crippen LogP contribution in [0.3, 0.4) is 0 Å². The van der Waals surface area contributed by atoms with Crippen molar-refractivity contribution in [2.45, 2.75) is 11.1 Å². The number of hydrogen-bond donors (Lipinski definition) is 6. The summed E-state index contributed by atoms with van der Waals surface area (Å²) < 4.78 is 72.7. The van der Waals surface area contributed by atoms with Crippen LogP contribution in [0.25, 0.3) is 10.8 Å². The first kappa shape index (κ1) is 39.4. The number of carboxylic acids is 2. The molecule has 0 atom stereocenters. The highest BCUT2D eigenvalue weighted by molar-refractivity contribution is 7.85. The molecular formula is C28H23Cl3F3N5O8S. The Morgan fingerprint density at radius 2 is 1.69 bits per heavy atom. The number of allylic oxidation sites excluding steroid dienone is 1. The average molecular weight is 753 g/mol. The minimum atomic E-state index is -4.57. The molecule has 3 aromatic carbocycles. The second-order valence-electron chi connectivity index (χ2n) is 8.85. The lowest BCUT2D eigenvalue weighted by Gasteiger charge is -2.08. The molecule has 0 aliphatic heterocycles. The molecule has 0 amide bonds. The number of hydrazone groups is 1. The summed E-state index contributed by atoms with van der Waals surface area (Å²) in [5.41, 5.74) is 13.1. The molecular weight excluding hydrogens is 730 g/mol. The largest absolute Gasteiger partial charge is 0.497 e. The lowest BCUT2D eigenvalue weighted by Crippen LogP contribution is -2.06. The van der Waals surface area contributed by atoms with Crippen molar-refractivity contribution in [1.29, 1.82) is 0 Å². The van der Waals surface area contributed by atoms with Crippen molar-refractivity contribution in [3.63, 3.8) is 0 Å². The first-order valence-electron chi connectivity index (χ1n) is 12.5. The quantitative estimate of drug-likeness (QED) is 0.0387. The number of alkyl halides is 3. The van der Waals surface area contributed by atoms with Crippen molar-refractivity contribution in [2.24, 2.45) is 5.10 Å². The molecule has 0 spiro atoms. The zero-order valence-electron chi connectivity index (χ0n) is 24.0. The minimum absolute atomic E-state index is 0.0642. The number of carboxylic acid groups (broad SMARTS) is 2. The maximum absolute atomic E-state index is 12.4. The van der Waals surface area contributed by atoms with E-state index >= 15 is 0 Å². The van der Waals surface area contributed by atoms with Crippen LogP contribution in [0.15, 0.2) is 86.9 Å². The third-order valence-corrected chi connectivity index (χ3v) is 7.48. The third kappa shape index (κ3) is 11.5. The van der Waals surface area contributed by atoms with Crippen molar-refractivity contribution < 1.29 is 50.7 Å². The number of aromatic nitrogens is 1. The third-order valence-electron chi connectivity index (χ3n) is 5.59. The SMILES string of the molecule is COc1ccc(N)c(C(=O)O)c1.Nc1cccc2ccc(S(=O)(=O)O)cc12.O=C(O)C(Cl)=C(Cl)C=NNc1ncc(C(F)(F)F)cc1Cl. The van der Waals surface area contributed by atoms with Crippen LogP contribution in [-0.4, -0.2) is 53.4 Å². The Kier molecular flexibility index (Phi) is 13.8. The molecule has 4 rings (SSSR count). The number of benzene rings is 3. The number of nitrogens with two attached hydrogens (primary N) is 2. The van der Waals surface area contributed by atoms with Crippen LogP contribution in [0.2, 0.25) is 5.02 Å². The number of aromatic carboxylic acids is 1. The van der Waals surface area contributed by atoms with E-state index in [4.69, 9.17) is 65.8 Å². The second kappa shape index (κ2) is 16.8. The predicted octanol–water partition coefficient (Wildman–Crippen LogP) is 6.57. The van der Waals surface area contributed by atoms with Crippen molar-refractivity contribution in [1.82, 2.24) is 4.98 Å². The summed E-state index contributed by atoms with van der Waals surface area (Å²) in [7, 11) is -2.70. The molecule has 256 valence electrons. The van der Waals surface area contributed by atoms with Crippen LogP contribution in [0, 0.1) is 0 Å². The smallest absolute Gasteiger partial charge is 0.417 e. The fraction of sp³-hybridized carbons (Fsp3) is 0.0714. The molecule has 0 saturated heterocycles. The summed E-state index contributed by atoms with van der Waals surface area (Å²) in [6, 6.07) is 14.8. The molecule has 20 heteroatoms. The molecule has 1 heterocycles. The van der Waals surface area contributed by atoms with E-state index in [9.17, 15) is 31.2 Å². The van der Waals surface area contributed by atoms with E-state index in [1.807, 2.05) is 6.07 Å². The van der Waals surface area contributed by atoms with Gasteiger partial charge in [0.1, 0.15) is 10.8 Å². The minimum Gasteiger partial charge on any atom is -0.497 e. The van der Waals surface area contributed by atoms with E-state index in [2.05, 4.69) is 15.5 Å². The number of nitrogens with one attached hydrogen (secondary N) is 1. The van der Waals surface area contributed by atoms with Crippen molar-refractivity contribution in [3.8, 4) is 5.75 Å². The molecule has 0 unspecified atom stereocenters. The van der Waals surface area contributed by atoms with Crippen LogP contribution in [-0.2, 0) is 21.1 Å². The first-order chi connectivity index (χ1) is 22.3. The topological polar surface area (TPSA) is 228 Å². The van der Waals surface area contributed by atoms with Gasteiger partial charge < -0.3 is 26.4 Å². The van der Waals surface area contributed by atoms with Gasteiger partial charge in [-0.2, -0.15) is 26.7 Å². The Balaban J connectivity index is 0.000000261. The zero-order chi connectivity index (χ0) is 36.4. The highest BCUT2D eigenvalue weighted by Crippen LogP contribution is 2.32. The summed E-state index contributed by atoms with van der Waals surface area (Å²) >= 11 is 16.4. The van der Waals surface area contributed by atoms with Crippen LogP contribution in [0.1, 0.15) is 15.9 Å². The van der Waals surface area contributed by atoms with E-state index in [1.165, 1.54) is 31.4 Å². The Labute approximate surface area is 284 Å². The number of pyridine rings is 1. The van der Waals surface area contributed by atoms with E-state index in [0.29, 0.717) is 29.1 Å². The molecule has 48 heavy (non-hydrogen) atoms. The van der Waals surface area contributed by atoms with Crippen molar-refractivity contribution in [3.05, 3.63) is 93.1 Å². The summed E-state index contributed by atoms with van der Waals surface area (Å²) in [4.78, 5) is 24.3. The number of hydrogen-bond acceptors (Lipinski definition) is 10. The first-order valence-corrected chi connectivity index (χ1v) is 15.1. The average Bonchev–Trinajstić information content (AvgIpc) is 3.01. The lowest BCUT2D eigenvalue weighted by molar-refractivity contribution is -0.137. The summed E-state index contributed by atoms with van der Waals surface area (Å²) in [5, 5.41) is 20.7. The Hall–Kier alpha value is -4.81. The van der Waals surface area contributed by atoms with Gasteiger partial charge in [0.05, 0.1) is 39.4 Å². The highest BCUT2D eigenvalue weighted by Gasteiger charge is 2.31. The molecule has 0 saturated carbocycles. The van der Waals surface area contributed by atoms with E-state index in [1.54, 1.807) is 24.3 Å². The number of ether oxygens (including phenoxy) is 1. The number of halogens is 6. The van der Waals surface area contributed by atoms with Gasteiger partial charge in [-0.25, -0.2) is 14.6 Å². The maximum atomic E-state index is 12.4. The zero-order valence-corrected chi connectivity index (χ0v) is 27.1. The molecule has 0 aliphatic carbocycles. The summed E-state index contributed by atoms with van der Waals surface area (Å²) in [5.74, 6) is -2.19. The van der Waals surface area contributed by atoms with Crippen LogP contribution < -0.4 is 21.6 Å². The molecule has 1 aromatic heterocycles. The molecule has 13 nitrogen and oxygen atoms in total. The molecule has 0 aliphatic rings. The van der Waals surface area contributed by atoms with Gasteiger partial charge >= 0.3 is 18.1 Å². The fourth-order valence-corrected chi connectivity index (χ4v) is 4.16. The molecule has 0 radical (unpaired) electrons.